The highest BCUT2D eigenvalue weighted by atomic mass is 16.2. The third-order valence-corrected chi connectivity index (χ3v) is 5.47. The maximum Gasteiger partial charge on any atom is 0.248 e. The Morgan fingerprint density at radius 1 is 1.15 bits per heavy atom. The fraction of sp³-hybridized carbons (Fsp3) is 0.875. The molecule has 4 nitrogen and oxygen atoms in total. The van der Waals surface area contributed by atoms with E-state index >= 15 is 0 Å². The molecule has 1 heterocycles. The van der Waals surface area contributed by atoms with Gasteiger partial charge < -0.3 is 10.2 Å². The average Bonchev–Trinajstić information content (AvgIpc) is 2.94. The fourth-order valence-corrected chi connectivity index (χ4v) is 4.31. The Labute approximate surface area is 121 Å². The van der Waals surface area contributed by atoms with Crippen LogP contribution >= 0.6 is 0 Å². The van der Waals surface area contributed by atoms with Crippen LogP contribution in [0.3, 0.4) is 0 Å². The number of nitrogens with zero attached hydrogens (tertiary/aromatic N) is 1. The number of carbonyl (C=O) groups is 2. The summed E-state index contributed by atoms with van der Waals surface area (Å²) in [6.45, 7) is 5.17. The molecule has 3 rings (SSSR count). The Kier molecular flexibility index (Phi) is 3.30. The highest BCUT2D eigenvalue weighted by Crippen LogP contribution is 2.41. The zero-order valence-corrected chi connectivity index (χ0v) is 12.7. The number of hydrogen-bond acceptors (Lipinski definition) is 2. The van der Waals surface area contributed by atoms with Gasteiger partial charge in [-0.15, -0.1) is 0 Å². The first-order chi connectivity index (χ1) is 9.42. The van der Waals surface area contributed by atoms with Crippen LogP contribution in [-0.2, 0) is 9.59 Å². The summed E-state index contributed by atoms with van der Waals surface area (Å²) in [5.41, 5.74) is -0.238. The van der Waals surface area contributed by atoms with Crippen LogP contribution < -0.4 is 5.32 Å². The lowest BCUT2D eigenvalue weighted by atomic mass is 9.91. The van der Waals surface area contributed by atoms with Gasteiger partial charge in [-0.05, 0) is 37.5 Å². The molecule has 20 heavy (non-hydrogen) atoms. The third kappa shape index (κ3) is 2.33. The smallest absolute Gasteiger partial charge is 0.248 e. The predicted octanol–water partition coefficient (Wildman–Crippen LogP) is 2.23. The van der Waals surface area contributed by atoms with Gasteiger partial charge in [0, 0.05) is 19.0 Å². The molecule has 3 aliphatic rings. The molecule has 1 N–H and O–H groups in total. The second-order valence-electron chi connectivity index (χ2n) is 7.65. The summed E-state index contributed by atoms with van der Waals surface area (Å²) in [7, 11) is 0. The lowest BCUT2D eigenvalue weighted by Gasteiger charge is -2.35. The van der Waals surface area contributed by atoms with E-state index in [2.05, 4.69) is 19.2 Å². The normalized spacial score (nSPS) is 32.5. The predicted molar refractivity (Wildman–Crippen MR) is 77.1 cm³/mol. The van der Waals surface area contributed by atoms with E-state index in [1.165, 1.54) is 6.42 Å². The Morgan fingerprint density at radius 3 is 2.45 bits per heavy atom. The highest BCUT2D eigenvalue weighted by Gasteiger charge is 2.49. The first-order valence-electron chi connectivity index (χ1n) is 8.04. The fourth-order valence-electron chi connectivity index (χ4n) is 4.31. The quantitative estimate of drug-likeness (QED) is 0.799. The van der Waals surface area contributed by atoms with Gasteiger partial charge in [0.1, 0.15) is 5.54 Å². The molecule has 3 fully saturated rings. The van der Waals surface area contributed by atoms with E-state index in [1.807, 2.05) is 4.90 Å². The summed E-state index contributed by atoms with van der Waals surface area (Å²) in [6, 6.07) is 0.336. The molecule has 0 aromatic heterocycles. The number of hydrogen-bond donors (Lipinski definition) is 1. The van der Waals surface area contributed by atoms with Gasteiger partial charge in [-0.25, -0.2) is 0 Å². The van der Waals surface area contributed by atoms with Crippen LogP contribution in [0.15, 0.2) is 0 Å². The summed E-state index contributed by atoms with van der Waals surface area (Å²) in [5, 5.41) is 3.05. The monoisotopic (exact) mass is 278 g/mol. The van der Waals surface area contributed by atoms with E-state index in [1.54, 1.807) is 0 Å². The standard InChI is InChI=1S/C16H26N2O2/c1-15(2)9-5-12(11-15)18-10-6-13(19)17-16(14(18)20)7-3-4-8-16/h12H,3-11H2,1-2H3,(H,17,19). The minimum Gasteiger partial charge on any atom is -0.342 e. The molecule has 2 amide bonds. The van der Waals surface area contributed by atoms with Gasteiger partial charge in [0.2, 0.25) is 11.8 Å². The maximum atomic E-state index is 13.0. The largest absolute Gasteiger partial charge is 0.342 e. The second-order valence-corrected chi connectivity index (χ2v) is 7.65. The van der Waals surface area contributed by atoms with Crippen molar-refractivity contribution in [3.8, 4) is 0 Å². The Bertz CT molecular complexity index is 424. The lowest BCUT2D eigenvalue weighted by Crippen LogP contribution is -2.57. The van der Waals surface area contributed by atoms with Crippen molar-refractivity contribution in [2.24, 2.45) is 5.41 Å². The molecule has 2 saturated carbocycles. The summed E-state index contributed by atoms with van der Waals surface area (Å²) < 4.78 is 0. The van der Waals surface area contributed by atoms with Crippen molar-refractivity contribution in [2.75, 3.05) is 6.54 Å². The van der Waals surface area contributed by atoms with Gasteiger partial charge in [0.05, 0.1) is 0 Å². The molecule has 0 bridgehead atoms. The highest BCUT2D eigenvalue weighted by molar-refractivity contribution is 5.94. The molecule has 0 aromatic carbocycles. The van der Waals surface area contributed by atoms with Crippen molar-refractivity contribution in [1.29, 1.82) is 0 Å². The zero-order valence-electron chi connectivity index (χ0n) is 12.7. The number of nitrogens with one attached hydrogen (secondary N) is 1. The molecule has 0 radical (unpaired) electrons. The number of rotatable bonds is 1. The van der Waals surface area contributed by atoms with Crippen LogP contribution in [0.1, 0.15) is 65.2 Å². The molecule has 1 aliphatic heterocycles. The SMILES string of the molecule is CC1(C)CCC(N2CCC(=O)NC3(CCCC3)C2=O)C1. The maximum absolute atomic E-state index is 13.0. The van der Waals surface area contributed by atoms with Crippen molar-refractivity contribution in [3.63, 3.8) is 0 Å². The van der Waals surface area contributed by atoms with Gasteiger partial charge in [-0.3, -0.25) is 9.59 Å². The molecule has 1 unspecified atom stereocenters. The number of amides is 2. The molecular weight excluding hydrogens is 252 g/mol. The van der Waals surface area contributed by atoms with E-state index in [-0.39, 0.29) is 11.8 Å². The molecule has 4 heteroatoms. The minimum absolute atomic E-state index is 0.0556. The Hall–Kier alpha value is -1.06. The van der Waals surface area contributed by atoms with Gasteiger partial charge in [0.15, 0.2) is 0 Å². The average molecular weight is 278 g/mol. The molecule has 1 saturated heterocycles. The van der Waals surface area contributed by atoms with Crippen LogP contribution in [0.5, 0.6) is 0 Å². The van der Waals surface area contributed by atoms with Crippen LogP contribution in [0, 0.1) is 5.41 Å². The Balaban J connectivity index is 1.83. The molecule has 1 atom stereocenters. The lowest BCUT2D eigenvalue weighted by molar-refractivity contribution is -0.140. The van der Waals surface area contributed by atoms with Crippen LogP contribution in [0.2, 0.25) is 0 Å². The summed E-state index contributed by atoms with van der Waals surface area (Å²) >= 11 is 0. The van der Waals surface area contributed by atoms with Gasteiger partial charge in [-0.1, -0.05) is 26.7 Å². The van der Waals surface area contributed by atoms with E-state index in [4.69, 9.17) is 0 Å². The molecular formula is C16H26N2O2. The third-order valence-electron chi connectivity index (χ3n) is 5.47. The zero-order chi connectivity index (χ0) is 14.4. The van der Waals surface area contributed by atoms with Crippen molar-refractivity contribution in [2.45, 2.75) is 76.8 Å². The van der Waals surface area contributed by atoms with Crippen LogP contribution in [0.4, 0.5) is 0 Å². The number of carbonyl (C=O) groups excluding carboxylic acids is 2. The van der Waals surface area contributed by atoms with E-state index in [9.17, 15) is 9.59 Å². The molecule has 2 aliphatic carbocycles. The van der Waals surface area contributed by atoms with Gasteiger partial charge >= 0.3 is 0 Å². The van der Waals surface area contributed by atoms with Crippen molar-refractivity contribution in [3.05, 3.63) is 0 Å². The van der Waals surface area contributed by atoms with E-state index in [0.29, 0.717) is 24.4 Å². The molecule has 0 aromatic rings. The first-order valence-corrected chi connectivity index (χ1v) is 8.04. The van der Waals surface area contributed by atoms with Crippen molar-refractivity contribution < 1.29 is 9.59 Å². The minimum atomic E-state index is -0.569. The molecule has 112 valence electrons. The van der Waals surface area contributed by atoms with E-state index in [0.717, 1.165) is 38.5 Å². The van der Waals surface area contributed by atoms with Crippen molar-refractivity contribution >= 4 is 11.8 Å². The van der Waals surface area contributed by atoms with Crippen LogP contribution in [-0.4, -0.2) is 34.8 Å². The summed E-state index contributed by atoms with van der Waals surface area (Å²) in [5.74, 6) is 0.253. The van der Waals surface area contributed by atoms with Crippen molar-refractivity contribution in [1.82, 2.24) is 10.2 Å². The summed E-state index contributed by atoms with van der Waals surface area (Å²) in [4.78, 5) is 27.1. The molecule has 1 spiro atoms. The second kappa shape index (κ2) is 4.74. The first kappa shape index (κ1) is 13.9. The van der Waals surface area contributed by atoms with Gasteiger partial charge in [-0.2, -0.15) is 0 Å². The van der Waals surface area contributed by atoms with Crippen LogP contribution in [0.25, 0.3) is 0 Å². The Morgan fingerprint density at radius 2 is 1.85 bits per heavy atom. The topological polar surface area (TPSA) is 49.4 Å². The van der Waals surface area contributed by atoms with Gasteiger partial charge in [0.25, 0.3) is 0 Å². The van der Waals surface area contributed by atoms with E-state index < -0.39 is 5.54 Å². The summed E-state index contributed by atoms with van der Waals surface area (Å²) in [6.07, 6.45) is 7.55.